The van der Waals surface area contributed by atoms with E-state index in [0.29, 0.717) is 6.42 Å². The largest absolute Gasteiger partial charge is 0.391 e. The number of aliphatic hydroxyl groups excluding tert-OH is 1. The molecule has 0 saturated carbocycles. The molecule has 1 amide bonds. The molecule has 0 aromatic heterocycles. The lowest BCUT2D eigenvalue weighted by Crippen LogP contribution is -2.45. The van der Waals surface area contributed by atoms with E-state index in [1.165, 1.54) is 0 Å². The van der Waals surface area contributed by atoms with Crippen molar-refractivity contribution >= 4 is 17.7 Å². The number of nitrogens with one attached hydrogen (secondary N) is 1. The van der Waals surface area contributed by atoms with Crippen molar-refractivity contribution in [2.24, 2.45) is 0 Å². The van der Waals surface area contributed by atoms with Crippen LogP contribution in [-0.2, 0) is 4.79 Å². The van der Waals surface area contributed by atoms with E-state index in [9.17, 15) is 9.90 Å². The first kappa shape index (κ1) is 9.86. The van der Waals surface area contributed by atoms with Crippen molar-refractivity contribution in [1.82, 2.24) is 5.32 Å². The Morgan fingerprint density at radius 3 is 3.17 bits per heavy atom. The van der Waals surface area contributed by atoms with Gasteiger partial charge in [-0.2, -0.15) is 0 Å². The van der Waals surface area contributed by atoms with E-state index in [0.717, 1.165) is 18.7 Å². The molecule has 0 spiro atoms. The van der Waals surface area contributed by atoms with Gasteiger partial charge in [-0.25, -0.2) is 0 Å². The lowest BCUT2D eigenvalue weighted by molar-refractivity contribution is -0.122. The standard InChI is InChI=1S/C8H15NO2S/c1-2-3-6(10)7-8(11)9-4-5-12-7/h6-7,10H,2-5H2,1H3,(H,9,11)/t6-,7-/m0/s1. The maximum atomic E-state index is 11.2. The minimum Gasteiger partial charge on any atom is -0.391 e. The number of aliphatic hydroxyl groups is 1. The third-order valence-corrected chi connectivity index (χ3v) is 3.22. The summed E-state index contributed by atoms with van der Waals surface area (Å²) in [5, 5.41) is 12.1. The molecule has 0 radical (unpaired) electrons. The van der Waals surface area contributed by atoms with E-state index in [4.69, 9.17) is 0 Å². The maximum Gasteiger partial charge on any atom is 0.235 e. The van der Waals surface area contributed by atoms with Crippen LogP contribution < -0.4 is 5.32 Å². The Labute approximate surface area is 76.9 Å². The van der Waals surface area contributed by atoms with Crippen LogP contribution in [0.5, 0.6) is 0 Å². The van der Waals surface area contributed by atoms with Gasteiger partial charge >= 0.3 is 0 Å². The molecule has 0 aromatic rings. The Kier molecular flexibility index (Phi) is 3.88. The van der Waals surface area contributed by atoms with Gasteiger partial charge in [0, 0.05) is 12.3 Å². The maximum absolute atomic E-state index is 11.2. The van der Waals surface area contributed by atoms with Crippen LogP contribution in [-0.4, -0.2) is 34.7 Å². The molecule has 12 heavy (non-hydrogen) atoms. The molecular weight excluding hydrogens is 174 g/mol. The zero-order chi connectivity index (χ0) is 8.97. The zero-order valence-corrected chi connectivity index (χ0v) is 8.06. The summed E-state index contributed by atoms with van der Waals surface area (Å²) in [5.74, 6) is 0.907. The molecule has 1 aliphatic heterocycles. The first-order valence-corrected chi connectivity index (χ1v) is 5.38. The highest BCUT2D eigenvalue weighted by Crippen LogP contribution is 2.20. The second-order valence-corrected chi connectivity index (χ2v) is 4.19. The molecule has 0 aromatic carbocycles. The summed E-state index contributed by atoms with van der Waals surface area (Å²) in [6.45, 7) is 2.74. The monoisotopic (exact) mass is 189 g/mol. The third-order valence-electron chi connectivity index (χ3n) is 1.89. The Morgan fingerprint density at radius 1 is 1.83 bits per heavy atom. The Bertz CT molecular complexity index is 163. The Morgan fingerprint density at radius 2 is 2.58 bits per heavy atom. The van der Waals surface area contributed by atoms with E-state index in [2.05, 4.69) is 5.32 Å². The number of carbonyl (C=O) groups excluding carboxylic acids is 1. The minimum absolute atomic E-state index is 0.00722. The summed E-state index contributed by atoms with van der Waals surface area (Å²) in [6, 6.07) is 0. The summed E-state index contributed by atoms with van der Waals surface area (Å²) in [5.41, 5.74) is 0. The molecule has 2 atom stereocenters. The lowest BCUT2D eigenvalue weighted by Gasteiger charge is -2.25. The van der Waals surface area contributed by atoms with Crippen LogP contribution >= 0.6 is 11.8 Å². The van der Waals surface area contributed by atoms with E-state index in [1.54, 1.807) is 11.8 Å². The fourth-order valence-corrected chi connectivity index (χ4v) is 2.34. The van der Waals surface area contributed by atoms with Crippen molar-refractivity contribution in [3.05, 3.63) is 0 Å². The molecule has 2 N–H and O–H groups in total. The van der Waals surface area contributed by atoms with Crippen molar-refractivity contribution in [3.8, 4) is 0 Å². The van der Waals surface area contributed by atoms with E-state index >= 15 is 0 Å². The molecule has 0 aliphatic carbocycles. The minimum atomic E-state index is -0.472. The second-order valence-electron chi connectivity index (χ2n) is 2.94. The van der Waals surface area contributed by atoms with Crippen LogP contribution in [0, 0.1) is 0 Å². The zero-order valence-electron chi connectivity index (χ0n) is 7.25. The number of rotatable bonds is 3. The molecule has 0 unspecified atom stereocenters. The fourth-order valence-electron chi connectivity index (χ4n) is 1.27. The summed E-state index contributed by atoms with van der Waals surface area (Å²) in [6.07, 6.45) is 1.16. The SMILES string of the molecule is CCC[C@H](O)[C@@H]1SCCNC1=O. The highest BCUT2D eigenvalue weighted by Gasteiger charge is 2.28. The summed E-state index contributed by atoms with van der Waals surface area (Å²) < 4.78 is 0. The molecule has 4 heteroatoms. The predicted octanol–water partition coefficient (Wildman–Crippen LogP) is 0.379. The number of carbonyl (C=O) groups is 1. The van der Waals surface area contributed by atoms with E-state index in [1.807, 2.05) is 6.92 Å². The molecule has 1 rings (SSSR count). The van der Waals surface area contributed by atoms with Gasteiger partial charge in [0.05, 0.1) is 6.10 Å². The van der Waals surface area contributed by atoms with Gasteiger partial charge < -0.3 is 10.4 Å². The van der Waals surface area contributed by atoms with Crippen molar-refractivity contribution in [1.29, 1.82) is 0 Å². The average molecular weight is 189 g/mol. The molecule has 0 bridgehead atoms. The Balaban J connectivity index is 2.42. The van der Waals surface area contributed by atoms with Crippen molar-refractivity contribution < 1.29 is 9.90 Å². The number of hydrogen-bond acceptors (Lipinski definition) is 3. The summed E-state index contributed by atoms with van der Waals surface area (Å²) in [4.78, 5) is 11.2. The average Bonchev–Trinajstić information content (AvgIpc) is 2.05. The van der Waals surface area contributed by atoms with Crippen LogP contribution in [0.3, 0.4) is 0 Å². The molecular formula is C8H15NO2S. The molecule has 1 fully saturated rings. The van der Waals surface area contributed by atoms with E-state index < -0.39 is 6.10 Å². The molecule has 70 valence electrons. The quantitative estimate of drug-likeness (QED) is 0.675. The summed E-state index contributed by atoms with van der Waals surface area (Å²) >= 11 is 1.56. The van der Waals surface area contributed by atoms with Gasteiger partial charge in [0.2, 0.25) is 5.91 Å². The summed E-state index contributed by atoms with van der Waals surface area (Å²) in [7, 11) is 0. The molecule has 1 aliphatic rings. The van der Waals surface area contributed by atoms with Gasteiger partial charge in [-0.15, -0.1) is 11.8 Å². The van der Waals surface area contributed by atoms with Crippen LogP contribution in [0.2, 0.25) is 0 Å². The third kappa shape index (κ3) is 2.38. The van der Waals surface area contributed by atoms with Gasteiger partial charge in [0.15, 0.2) is 0 Å². The fraction of sp³-hybridized carbons (Fsp3) is 0.875. The molecule has 1 heterocycles. The van der Waals surface area contributed by atoms with Gasteiger partial charge in [-0.1, -0.05) is 13.3 Å². The lowest BCUT2D eigenvalue weighted by atomic mass is 10.1. The van der Waals surface area contributed by atoms with Crippen molar-refractivity contribution in [2.45, 2.75) is 31.1 Å². The van der Waals surface area contributed by atoms with E-state index in [-0.39, 0.29) is 11.2 Å². The van der Waals surface area contributed by atoms with Crippen LogP contribution in [0.1, 0.15) is 19.8 Å². The number of amides is 1. The van der Waals surface area contributed by atoms with Crippen LogP contribution in [0.15, 0.2) is 0 Å². The number of hydrogen-bond donors (Lipinski definition) is 2. The molecule has 3 nitrogen and oxygen atoms in total. The molecule has 1 saturated heterocycles. The van der Waals surface area contributed by atoms with Gasteiger partial charge in [-0.3, -0.25) is 4.79 Å². The van der Waals surface area contributed by atoms with Crippen LogP contribution in [0.25, 0.3) is 0 Å². The highest BCUT2D eigenvalue weighted by atomic mass is 32.2. The second kappa shape index (κ2) is 4.72. The predicted molar refractivity (Wildman–Crippen MR) is 50.2 cm³/mol. The normalized spacial score (nSPS) is 26.5. The van der Waals surface area contributed by atoms with Crippen LogP contribution in [0.4, 0.5) is 0 Å². The topological polar surface area (TPSA) is 49.3 Å². The smallest absolute Gasteiger partial charge is 0.235 e. The van der Waals surface area contributed by atoms with Crippen molar-refractivity contribution in [2.75, 3.05) is 12.3 Å². The van der Waals surface area contributed by atoms with Gasteiger partial charge in [-0.05, 0) is 6.42 Å². The first-order chi connectivity index (χ1) is 5.75. The number of thioether (sulfide) groups is 1. The van der Waals surface area contributed by atoms with Crippen molar-refractivity contribution in [3.63, 3.8) is 0 Å². The first-order valence-electron chi connectivity index (χ1n) is 4.33. The van der Waals surface area contributed by atoms with Gasteiger partial charge in [0.25, 0.3) is 0 Å². The van der Waals surface area contributed by atoms with Gasteiger partial charge in [0.1, 0.15) is 5.25 Å². The Hall–Kier alpha value is -0.220. The highest BCUT2D eigenvalue weighted by molar-refractivity contribution is 8.00.